The summed E-state index contributed by atoms with van der Waals surface area (Å²) >= 11 is 0. The molecule has 3 aliphatic heterocycles. The van der Waals surface area contributed by atoms with E-state index in [9.17, 15) is 4.79 Å². The highest BCUT2D eigenvalue weighted by molar-refractivity contribution is 5.72. The molecule has 0 aromatic carbocycles. The molecule has 5 heteroatoms. The van der Waals surface area contributed by atoms with Crippen molar-refractivity contribution in [3.63, 3.8) is 0 Å². The van der Waals surface area contributed by atoms with Crippen molar-refractivity contribution in [3.05, 3.63) is 0 Å². The molecule has 3 heterocycles. The molecule has 1 saturated carbocycles. The highest BCUT2D eigenvalue weighted by Crippen LogP contribution is 2.68. The Morgan fingerprint density at radius 1 is 1.21 bits per heavy atom. The molecule has 1 aliphatic carbocycles. The monoisotopic (exact) mass is 337 g/mol. The molecule has 0 amide bonds. The number of carbonyl (C=O) groups excluding carboxylic acids is 1. The zero-order chi connectivity index (χ0) is 17.2. The molecule has 4 aliphatic rings. The van der Waals surface area contributed by atoms with Crippen molar-refractivity contribution in [1.29, 1.82) is 0 Å². The minimum atomic E-state index is -0.830. The summed E-state index contributed by atoms with van der Waals surface area (Å²) in [5.41, 5.74) is 5.70. The highest BCUT2D eigenvalue weighted by Gasteiger charge is 2.71. The fourth-order valence-electron chi connectivity index (χ4n) is 6.01. The number of ether oxygens (including phenoxy) is 3. The van der Waals surface area contributed by atoms with Gasteiger partial charge >= 0.3 is 5.97 Å². The van der Waals surface area contributed by atoms with Crippen LogP contribution in [0.4, 0.5) is 0 Å². The molecule has 4 fully saturated rings. The second-order valence-corrected chi connectivity index (χ2v) is 9.18. The Balaban J connectivity index is 1.71. The van der Waals surface area contributed by atoms with Crippen LogP contribution in [0.3, 0.4) is 0 Å². The summed E-state index contributed by atoms with van der Waals surface area (Å²) in [5, 5.41) is 0. The van der Waals surface area contributed by atoms with Crippen LogP contribution in [0.5, 0.6) is 0 Å². The number of nitrogens with two attached hydrogens (primary N) is 1. The first-order chi connectivity index (χ1) is 11.3. The SMILES string of the molecule is C[C@@H]1C[C@H](CN)O[C@]2(CC[C@@]3(C)[C@]4(C)CCC[C@]3(OC(=O)C4)O2)C1. The van der Waals surface area contributed by atoms with Crippen LogP contribution in [-0.4, -0.2) is 30.2 Å². The van der Waals surface area contributed by atoms with Gasteiger partial charge in [-0.15, -0.1) is 0 Å². The molecular weight excluding hydrogens is 306 g/mol. The van der Waals surface area contributed by atoms with Crippen LogP contribution in [0.1, 0.15) is 72.1 Å². The van der Waals surface area contributed by atoms with Gasteiger partial charge in [0.25, 0.3) is 0 Å². The van der Waals surface area contributed by atoms with E-state index < -0.39 is 11.6 Å². The molecular formula is C19H31NO4. The number of esters is 1. The van der Waals surface area contributed by atoms with E-state index in [-0.39, 0.29) is 22.9 Å². The van der Waals surface area contributed by atoms with E-state index >= 15 is 0 Å². The maximum absolute atomic E-state index is 12.4. The van der Waals surface area contributed by atoms with Crippen molar-refractivity contribution < 1.29 is 19.0 Å². The molecule has 4 rings (SSSR count). The second kappa shape index (κ2) is 5.18. The van der Waals surface area contributed by atoms with Gasteiger partial charge in [0.1, 0.15) is 0 Å². The molecule has 0 aromatic rings. The molecule has 6 atom stereocenters. The first-order valence-corrected chi connectivity index (χ1v) is 9.55. The molecule has 1 spiro atoms. The third-order valence-corrected chi connectivity index (χ3v) is 7.55. The Bertz CT molecular complexity index is 553. The topological polar surface area (TPSA) is 70.8 Å². The van der Waals surface area contributed by atoms with Crippen molar-refractivity contribution in [3.8, 4) is 0 Å². The van der Waals surface area contributed by atoms with Crippen LogP contribution in [0.25, 0.3) is 0 Å². The molecule has 24 heavy (non-hydrogen) atoms. The van der Waals surface area contributed by atoms with Crippen molar-refractivity contribution in [1.82, 2.24) is 0 Å². The Labute approximate surface area is 144 Å². The van der Waals surface area contributed by atoms with Crippen LogP contribution in [0.15, 0.2) is 0 Å². The minimum absolute atomic E-state index is 0.0313. The lowest BCUT2D eigenvalue weighted by molar-refractivity contribution is -0.453. The summed E-state index contributed by atoms with van der Waals surface area (Å²) in [6, 6.07) is 0. The normalized spacial score (nSPS) is 54.2. The zero-order valence-electron chi connectivity index (χ0n) is 15.2. The number of hydrogen-bond acceptors (Lipinski definition) is 5. The summed E-state index contributed by atoms with van der Waals surface area (Å²) in [7, 11) is 0. The molecule has 5 nitrogen and oxygen atoms in total. The van der Waals surface area contributed by atoms with E-state index in [1.807, 2.05) is 0 Å². The largest absolute Gasteiger partial charge is 0.432 e. The number of rotatable bonds is 1. The smallest absolute Gasteiger partial charge is 0.308 e. The van der Waals surface area contributed by atoms with E-state index in [4.69, 9.17) is 19.9 Å². The molecule has 2 bridgehead atoms. The minimum Gasteiger partial charge on any atom is -0.432 e. The van der Waals surface area contributed by atoms with Crippen LogP contribution >= 0.6 is 0 Å². The van der Waals surface area contributed by atoms with E-state index in [0.717, 1.165) is 44.9 Å². The van der Waals surface area contributed by atoms with Gasteiger partial charge in [0.2, 0.25) is 5.79 Å². The van der Waals surface area contributed by atoms with Gasteiger partial charge in [-0.2, -0.15) is 0 Å². The fraction of sp³-hybridized carbons (Fsp3) is 0.947. The quantitative estimate of drug-likeness (QED) is 0.745. The van der Waals surface area contributed by atoms with Gasteiger partial charge in [0.15, 0.2) is 5.79 Å². The van der Waals surface area contributed by atoms with Gasteiger partial charge in [0.05, 0.1) is 12.5 Å². The lowest BCUT2D eigenvalue weighted by atomic mass is 9.49. The van der Waals surface area contributed by atoms with Gasteiger partial charge < -0.3 is 19.9 Å². The van der Waals surface area contributed by atoms with Crippen LogP contribution in [0.2, 0.25) is 0 Å². The first kappa shape index (κ1) is 16.8. The third kappa shape index (κ3) is 2.14. The van der Waals surface area contributed by atoms with Gasteiger partial charge in [0, 0.05) is 31.2 Å². The van der Waals surface area contributed by atoms with Crippen molar-refractivity contribution >= 4 is 5.97 Å². The number of hydrogen-bond donors (Lipinski definition) is 1. The summed E-state index contributed by atoms with van der Waals surface area (Å²) in [6.45, 7) is 7.25. The maximum Gasteiger partial charge on any atom is 0.308 e. The molecule has 0 unspecified atom stereocenters. The number of carbonyl (C=O) groups is 1. The Morgan fingerprint density at radius 3 is 2.75 bits per heavy atom. The Morgan fingerprint density at radius 2 is 2.00 bits per heavy atom. The summed E-state index contributed by atoms with van der Waals surface area (Å²) in [5.74, 6) is -1.09. The molecule has 0 aromatic heterocycles. The fourth-order valence-corrected chi connectivity index (χ4v) is 6.01. The Hall–Kier alpha value is -0.650. The van der Waals surface area contributed by atoms with Crippen molar-refractivity contribution in [2.75, 3.05) is 6.54 Å². The van der Waals surface area contributed by atoms with E-state index in [2.05, 4.69) is 20.8 Å². The van der Waals surface area contributed by atoms with Gasteiger partial charge in [-0.25, -0.2) is 0 Å². The predicted octanol–water partition coefficient (Wildman–Crippen LogP) is 3.11. The standard InChI is InChI=1S/C19H31NO4/c1-13-9-14(12-20)22-18(10-13)8-7-17(3)16(2)5-4-6-19(17,24-18)23-15(21)11-16/h13-14H,4-12,20H2,1-3H3/t13-,14-,16-,17+,18+,19+/m1/s1. The molecule has 2 N–H and O–H groups in total. The van der Waals surface area contributed by atoms with Gasteiger partial charge in [-0.05, 0) is 37.0 Å². The van der Waals surface area contributed by atoms with Gasteiger partial charge in [-0.3, -0.25) is 4.79 Å². The van der Waals surface area contributed by atoms with Gasteiger partial charge in [-0.1, -0.05) is 20.8 Å². The summed E-state index contributed by atoms with van der Waals surface area (Å²) in [4.78, 5) is 12.4. The van der Waals surface area contributed by atoms with Crippen LogP contribution < -0.4 is 5.73 Å². The predicted molar refractivity (Wildman–Crippen MR) is 88.9 cm³/mol. The van der Waals surface area contributed by atoms with Crippen molar-refractivity contribution in [2.45, 2.75) is 89.8 Å². The molecule has 3 saturated heterocycles. The lowest BCUT2D eigenvalue weighted by Gasteiger charge is -2.67. The average Bonchev–Trinajstić information content (AvgIpc) is 2.48. The zero-order valence-corrected chi connectivity index (χ0v) is 15.2. The van der Waals surface area contributed by atoms with E-state index in [1.54, 1.807) is 0 Å². The van der Waals surface area contributed by atoms with Crippen LogP contribution in [-0.2, 0) is 19.0 Å². The second-order valence-electron chi connectivity index (χ2n) is 9.18. The van der Waals surface area contributed by atoms with Crippen LogP contribution in [0, 0.1) is 16.7 Å². The Kier molecular flexibility index (Phi) is 3.63. The average molecular weight is 337 g/mol. The molecule has 136 valence electrons. The summed E-state index contributed by atoms with van der Waals surface area (Å²) < 4.78 is 19.0. The first-order valence-electron chi connectivity index (χ1n) is 9.55. The maximum atomic E-state index is 12.4. The highest BCUT2D eigenvalue weighted by atomic mass is 16.8. The third-order valence-electron chi connectivity index (χ3n) is 7.55. The van der Waals surface area contributed by atoms with E-state index in [0.29, 0.717) is 18.9 Å². The van der Waals surface area contributed by atoms with E-state index in [1.165, 1.54) is 0 Å². The van der Waals surface area contributed by atoms with Crippen molar-refractivity contribution in [2.24, 2.45) is 22.5 Å². The molecule has 0 radical (unpaired) electrons. The summed E-state index contributed by atoms with van der Waals surface area (Å²) in [6.07, 6.45) is 7.08. The lowest BCUT2D eigenvalue weighted by Crippen LogP contribution is -2.71.